The lowest BCUT2D eigenvalue weighted by molar-refractivity contribution is -0.0429. The van der Waals surface area contributed by atoms with Crippen LogP contribution in [0.4, 0.5) is 23.2 Å². The van der Waals surface area contributed by atoms with Crippen molar-refractivity contribution in [3.05, 3.63) is 90.4 Å². The Labute approximate surface area is 186 Å². The van der Waals surface area contributed by atoms with E-state index in [4.69, 9.17) is 4.74 Å². The number of nitrogens with zero attached hydrogens (tertiary/aromatic N) is 1. The van der Waals surface area contributed by atoms with E-state index in [1.807, 2.05) is 0 Å². The van der Waals surface area contributed by atoms with Crippen molar-refractivity contribution in [1.29, 1.82) is 0 Å². The molecule has 10 heteroatoms. The Morgan fingerprint density at radius 2 is 1.64 bits per heavy atom. The number of ether oxygens (including phenoxy) is 1. The zero-order valence-corrected chi connectivity index (χ0v) is 17.6. The van der Waals surface area contributed by atoms with Gasteiger partial charge >= 0.3 is 15.5 Å². The predicted molar refractivity (Wildman–Crippen MR) is 117 cm³/mol. The second kappa shape index (κ2) is 8.70. The maximum Gasteiger partial charge on any atom is 0.516 e. The fraction of sp³-hybridized carbons (Fsp3) is 0.0870. The molecule has 1 N–H and O–H groups in total. The average Bonchev–Trinajstić information content (AvgIpc) is 2.77. The highest BCUT2D eigenvalue weighted by Gasteiger charge is 2.46. The first-order valence-electron chi connectivity index (χ1n) is 9.59. The molecule has 0 fully saturated rings. The highest BCUT2D eigenvalue weighted by atomic mass is 32.2. The first kappa shape index (κ1) is 22.5. The molecule has 1 heterocycles. The van der Waals surface area contributed by atoms with Crippen LogP contribution in [0, 0.1) is 5.82 Å². The standard InChI is InChI=1S/C23H16F4N2O3S/c24-17-9-7-15(8-10-17)21-5-2-4-19(28-21)14-32-22-6-1-3-16-13-18(11-12-20(16)22)29-33(30,31)23(25,26)27/h1-13,29H,14H2. The number of nitrogens with one attached hydrogen (secondary N) is 1. The van der Waals surface area contributed by atoms with Crippen LogP contribution >= 0.6 is 0 Å². The molecule has 5 nitrogen and oxygen atoms in total. The number of halogens is 4. The van der Waals surface area contributed by atoms with Crippen LogP contribution in [-0.2, 0) is 16.6 Å². The normalized spacial score (nSPS) is 12.0. The van der Waals surface area contributed by atoms with Crippen molar-refractivity contribution >= 4 is 26.5 Å². The molecule has 0 aliphatic carbocycles. The summed E-state index contributed by atoms with van der Waals surface area (Å²) in [6, 6.07) is 20.2. The quantitative estimate of drug-likeness (QED) is 0.353. The Kier molecular flexibility index (Phi) is 5.94. The fourth-order valence-corrected chi connectivity index (χ4v) is 3.70. The second-order valence-corrected chi connectivity index (χ2v) is 8.73. The Bertz CT molecular complexity index is 1410. The van der Waals surface area contributed by atoms with Crippen LogP contribution in [0.5, 0.6) is 5.75 Å². The van der Waals surface area contributed by atoms with Crippen LogP contribution in [0.2, 0.25) is 0 Å². The van der Waals surface area contributed by atoms with Crippen molar-refractivity contribution in [2.24, 2.45) is 0 Å². The third-order valence-corrected chi connectivity index (χ3v) is 5.83. The largest absolute Gasteiger partial charge is 0.516 e. The van der Waals surface area contributed by atoms with Gasteiger partial charge < -0.3 is 4.74 Å². The first-order chi connectivity index (χ1) is 15.6. The van der Waals surface area contributed by atoms with Gasteiger partial charge in [-0.15, -0.1) is 0 Å². The summed E-state index contributed by atoms with van der Waals surface area (Å²) in [6.45, 7) is 0.108. The van der Waals surface area contributed by atoms with Crippen LogP contribution in [0.15, 0.2) is 78.9 Å². The lowest BCUT2D eigenvalue weighted by Crippen LogP contribution is -2.29. The zero-order valence-electron chi connectivity index (χ0n) is 16.8. The monoisotopic (exact) mass is 476 g/mol. The summed E-state index contributed by atoms with van der Waals surface area (Å²) in [5, 5.41) is 1.07. The molecule has 1 aromatic heterocycles. The smallest absolute Gasteiger partial charge is 0.487 e. The fourth-order valence-electron chi connectivity index (χ4n) is 3.15. The summed E-state index contributed by atoms with van der Waals surface area (Å²) in [7, 11) is -5.52. The van der Waals surface area contributed by atoms with Crippen LogP contribution in [0.25, 0.3) is 22.0 Å². The number of benzene rings is 3. The van der Waals surface area contributed by atoms with E-state index in [1.165, 1.54) is 35.1 Å². The SMILES string of the molecule is O=S(=O)(Nc1ccc2c(OCc3cccc(-c4ccc(F)cc4)n3)cccc2c1)C(F)(F)F. The number of hydrogen-bond acceptors (Lipinski definition) is 4. The van der Waals surface area contributed by atoms with Crippen molar-refractivity contribution in [3.63, 3.8) is 0 Å². The van der Waals surface area contributed by atoms with E-state index < -0.39 is 15.5 Å². The Morgan fingerprint density at radius 1 is 0.909 bits per heavy atom. The van der Waals surface area contributed by atoms with Gasteiger partial charge in [0.1, 0.15) is 18.2 Å². The molecule has 0 amide bonds. The van der Waals surface area contributed by atoms with Crippen molar-refractivity contribution in [1.82, 2.24) is 4.98 Å². The highest BCUT2D eigenvalue weighted by molar-refractivity contribution is 7.93. The minimum absolute atomic E-state index is 0.108. The number of fused-ring (bicyclic) bond motifs is 1. The summed E-state index contributed by atoms with van der Waals surface area (Å²) in [4.78, 5) is 4.51. The number of alkyl halides is 3. The molecule has 0 aliphatic heterocycles. The van der Waals surface area contributed by atoms with E-state index in [0.29, 0.717) is 27.9 Å². The van der Waals surface area contributed by atoms with Gasteiger partial charge in [-0.25, -0.2) is 9.37 Å². The maximum atomic E-state index is 13.2. The summed E-state index contributed by atoms with van der Waals surface area (Å²) in [6.07, 6.45) is 0. The zero-order chi connectivity index (χ0) is 23.6. The lowest BCUT2D eigenvalue weighted by atomic mass is 10.1. The molecule has 33 heavy (non-hydrogen) atoms. The number of rotatable bonds is 6. The summed E-state index contributed by atoms with van der Waals surface area (Å²) < 4.78 is 81.1. The van der Waals surface area contributed by atoms with Crippen LogP contribution in [0.1, 0.15) is 5.69 Å². The number of anilines is 1. The van der Waals surface area contributed by atoms with Gasteiger partial charge in [-0.3, -0.25) is 4.72 Å². The molecular weight excluding hydrogens is 460 g/mol. The molecule has 0 unspecified atom stereocenters. The van der Waals surface area contributed by atoms with Crippen molar-refractivity contribution in [2.45, 2.75) is 12.1 Å². The molecule has 170 valence electrons. The van der Waals surface area contributed by atoms with Crippen molar-refractivity contribution in [3.8, 4) is 17.0 Å². The molecule has 0 radical (unpaired) electrons. The van der Waals surface area contributed by atoms with Gasteiger partial charge in [-0.2, -0.15) is 21.6 Å². The summed E-state index contributed by atoms with van der Waals surface area (Å²) in [5.74, 6) is 0.107. The van der Waals surface area contributed by atoms with E-state index in [-0.39, 0.29) is 18.1 Å². The van der Waals surface area contributed by atoms with Crippen LogP contribution in [-0.4, -0.2) is 18.9 Å². The van der Waals surface area contributed by atoms with Gasteiger partial charge in [-0.1, -0.05) is 18.2 Å². The highest BCUT2D eigenvalue weighted by Crippen LogP contribution is 2.31. The number of aromatic nitrogens is 1. The molecule has 0 saturated heterocycles. The maximum absolute atomic E-state index is 13.2. The molecule has 0 aliphatic rings. The molecule has 0 spiro atoms. The third-order valence-electron chi connectivity index (χ3n) is 4.72. The summed E-state index contributed by atoms with van der Waals surface area (Å²) in [5.41, 5.74) is -3.62. The molecule has 4 aromatic rings. The van der Waals surface area contributed by atoms with Gasteiger partial charge in [0.25, 0.3) is 0 Å². The Morgan fingerprint density at radius 3 is 2.36 bits per heavy atom. The minimum atomic E-state index is -5.52. The van der Waals surface area contributed by atoms with Crippen molar-refractivity contribution < 1.29 is 30.7 Å². The predicted octanol–water partition coefficient (Wildman–Crippen LogP) is 5.88. The molecule has 0 saturated carbocycles. The number of hydrogen-bond donors (Lipinski definition) is 1. The molecular formula is C23H16F4N2O3S. The Hall–Kier alpha value is -3.66. The molecule has 4 rings (SSSR count). The van der Waals surface area contributed by atoms with E-state index >= 15 is 0 Å². The molecule has 3 aromatic carbocycles. The minimum Gasteiger partial charge on any atom is -0.487 e. The molecule has 0 bridgehead atoms. The van der Waals surface area contributed by atoms with Gasteiger partial charge in [0.05, 0.1) is 11.4 Å². The first-order valence-corrected chi connectivity index (χ1v) is 11.1. The third kappa shape index (κ3) is 5.06. The topological polar surface area (TPSA) is 68.3 Å². The summed E-state index contributed by atoms with van der Waals surface area (Å²) >= 11 is 0. The van der Waals surface area contributed by atoms with Crippen LogP contribution < -0.4 is 9.46 Å². The van der Waals surface area contributed by atoms with Gasteiger partial charge in [0, 0.05) is 16.6 Å². The van der Waals surface area contributed by atoms with E-state index in [0.717, 1.165) is 5.56 Å². The molecule has 0 atom stereocenters. The Balaban J connectivity index is 1.54. The van der Waals surface area contributed by atoms with Gasteiger partial charge in [0.2, 0.25) is 0 Å². The van der Waals surface area contributed by atoms with Crippen LogP contribution in [0.3, 0.4) is 0 Å². The number of sulfonamides is 1. The van der Waals surface area contributed by atoms with Gasteiger partial charge in [-0.05, 0) is 66.0 Å². The number of pyridine rings is 1. The van der Waals surface area contributed by atoms with Crippen molar-refractivity contribution in [2.75, 3.05) is 4.72 Å². The lowest BCUT2D eigenvalue weighted by Gasteiger charge is -2.13. The van der Waals surface area contributed by atoms with E-state index in [2.05, 4.69) is 4.98 Å². The average molecular weight is 476 g/mol. The van der Waals surface area contributed by atoms with E-state index in [1.54, 1.807) is 48.5 Å². The second-order valence-electron chi connectivity index (χ2n) is 7.05. The van der Waals surface area contributed by atoms with E-state index in [9.17, 15) is 26.0 Å². The van der Waals surface area contributed by atoms with Gasteiger partial charge in [0.15, 0.2) is 0 Å².